The largest absolute Gasteiger partial charge is 0.372 e. The molecule has 0 aromatic carbocycles. The lowest BCUT2D eigenvalue weighted by molar-refractivity contribution is 0.183. The van der Waals surface area contributed by atoms with Crippen LogP contribution in [0.25, 0.3) is 0 Å². The van der Waals surface area contributed by atoms with Crippen molar-refractivity contribution in [2.75, 3.05) is 6.54 Å². The summed E-state index contributed by atoms with van der Waals surface area (Å²) in [6.07, 6.45) is 10.4. The zero-order valence-electron chi connectivity index (χ0n) is 16.1. The smallest absolute Gasteiger partial charge is 0.0345 e. The van der Waals surface area contributed by atoms with E-state index in [1.165, 1.54) is 6.42 Å². The summed E-state index contributed by atoms with van der Waals surface area (Å²) >= 11 is 0. The molecular formula is C21H42N2. The van der Waals surface area contributed by atoms with Gasteiger partial charge in [-0.05, 0) is 52.2 Å². The van der Waals surface area contributed by atoms with Crippen molar-refractivity contribution in [3.63, 3.8) is 0 Å². The van der Waals surface area contributed by atoms with Crippen molar-refractivity contribution in [2.45, 2.75) is 93.4 Å². The maximum Gasteiger partial charge on any atom is 0.0345 e. The van der Waals surface area contributed by atoms with Gasteiger partial charge in [0.1, 0.15) is 0 Å². The van der Waals surface area contributed by atoms with Crippen LogP contribution in [0, 0.1) is 11.8 Å². The van der Waals surface area contributed by atoms with Crippen LogP contribution < -0.4 is 0 Å². The SMILES string of the molecule is C.CC(C)[C@@H]1C=CCN1C(C)C.CC(C)[C@@H]1CC=CN1C(C)C. The molecule has 0 saturated heterocycles. The summed E-state index contributed by atoms with van der Waals surface area (Å²) in [7, 11) is 0. The van der Waals surface area contributed by atoms with Gasteiger partial charge in [-0.2, -0.15) is 0 Å². The number of hydrogen-bond donors (Lipinski definition) is 0. The van der Waals surface area contributed by atoms with Crippen LogP contribution in [0.15, 0.2) is 24.4 Å². The van der Waals surface area contributed by atoms with Gasteiger partial charge in [-0.15, -0.1) is 0 Å². The summed E-state index contributed by atoms with van der Waals surface area (Å²) in [4.78, 5) is 5.00. The molecule has 0 radical (unpaired) electrons. The maximum absolute atomic E-state index is 2.53. The van der Waals surface area contributed by atoms with E-state index >= 15 is 0 Å². The van der Waals surface area contributed by atoms with Gasteiger partial charge in [-0.25, -0.2) is 0 Å². The van der Waals surface area contributed by atoms with Crippen molar-refractivity contribution in [3.8, 4) is 0 Å². The fourth-order valence-corrected chi connectivity index (χ4v) is 3.44. The third-order valence-corrected chi connectivity index (χ3v) is 4.78. The van der Waals surface area contributed by atoms with Crippen molar-refractivity contribution in [1.82, 2.24) is 9.80 Å². The highest BCUT2D eigenvalue weighted by molar-refractivity contribution is 5.05. The number of hydrogen-bond acceptors (Lipinski definition) is 2. The molecule has 2 aliphatic heterocycles. The Balaban J connectivity index is 0.000000403. The minimum absolute atomic E-state index is 0. The molecule has 2 aliphatic rings. The fraction of sp³-hybridized carbons (Fsp3) is 0.810. The van der Waals surface area contributed by atoms with Crippen molar-refractivity contribution in [3.05, 3.63) is 24.4 Å². The Labute approximate surface area is 146 Å². The van der Waals surface area contributed by atoms with Gasteiger partial charge in [0, 0.05) is 30.7 Å². The van der Waals surface area contributed by atoms with Crippen LogP contribution in [-0.4, -0.2) is 40.5 Å². The average Bonchev–Trinajstić information content (AvgIpc) is 3.08. The number of nitrogens with zero attached hydrogens (tertiary/aromatic N) is 2. The van der Waals surface area contributed by atoms with Crippen LogP contribution in [0.4, 0.5) is 0 Å². The Morgan fingerprint density at radius 3 is 1.78 bits per heavy atom. The van der Waals surface area contributed by atoms with Crippen molar-refractivity contribution < 1.29 is 0 Å². The molecule has 136 valence electrons. The maximum atomic E-state index is 2.53. The van der Waals surface area contributed by atoms with Gasteiger partial charge in [0.15, 0.2) is 0 Å². The van der Waals surface area contributed by atoms with E-state index in [1.54, 1.807) is 0 Å². The molecule has 2 heterocycles. The highest BCUT2D eigenvalue weighted by Gasteiger charge is 2.24. The van der Waals surface area contributed by atoms with Gasteiger partial charge < -0.3 is 4.90 Å². The van der Waals surface area contributed by atoms with E-state index < -0.39 is 0 Å². The predicted molar refractivity (Wildman–Crippen MR) is 106 cm³/mol. The Hall–Kier alpha value is -0.760. The van der Waals surface area contributed by atoms with Crippen LogP contribution in [-0.2, 0) is 0 Å². The van der Waals surface area contributed by atoms with E-state index in [9.17, 15) is 0 Å². The summed E-state index contributed by atoms with van der Waals surface area (Å²) in [5.41, 5.74) is 0. The summed E-state index contributed by atoms with van der Waals surface area (Å²) < 4.78 is 0. The molecule has 0 aromatic heterocycles. The first kappa shape index (κ1) is 22.2. The van der Waals surface area contributed by atoms with E-state index in [1.807, 2.05) is 0 Å². The zero-order chi connectivity index (χ0) is 16.9. The first-order chi connectivity index (χ1) is 10.3. The topological polar surface area (TPSA) is 6.48 Å². The van der Waals surface area contributed by atoms with Crippen molar-refractivity contribution in [2.24, 2.45) is 11.8 Å². The second-order valence-electron chi connectivity index (χ2n) is 7.93. The van der Waals surface area contributed by atoms with E-state index in [4.69, 9.17) is 0 Å². The molecular weight excluding hydrogens is 280 g/mol. The summed E-state index contributed by atoms with van der Waals surface area (Å²) in [6.45, 7) is 19.4. The van der Waals surface area contributed by atoms with E-state index in [2.05, 4.69) is 89.6 Å². The minimum Gasteiger partial charge on any atom is -0.372 e. The van der Waals surface area contributed by atoms with E-state index in [0.717, 1.165) is 24.4 Å². The lowest BCUT2D eigenvalue weighted by atomic mass is 10.0. The highest BCUT2D eigenvalue weighted by atomic mass is 15.2. The molecule has 0 aliphatic carbocycles. The molecule has 2 atom stereocenters. The fourth-order valence-electron chi connectivity index (χ4n) is 3.44. The molecule has 0 bridgehead atoms. The molecule has 23 heavy (non-hydrogen) atoms. The van der Waals surface area contributed by atoms with Crippen LogP contribution >= 0.6 is 0 Å². The predicted octanol–water partition coefficient (Wildman–Crippen LogP) is 5.57. The van der Waals surface area contributed by atoms with Gasteiger partial charge in [-0.3, -0.25) is 4.90 Å². The van der Waals surface area contributed by atoms with Gasteiger partial charge in [0.05, 0.1) is 0 Å². The molecule has 0 saturated carbocycles. The van der Waals surface area contributed by atoms with Gasteiger partial charge in [0.25, 0.3) is 0 Å². The Bertz CT molecular complexity index is 330. The average molecular weight is 323 g/mol. The van der Waals surface area contributed by atoms with Crippen LogP contribution in [0.2, 0.25) is 0 Å². The Morgan fingerprint density at radius 1 is 0.826 bits per heavy atom. The first-order valence-electron chi connectivity index (χ1n) is 9.12. The monoisotopic (exact) mass is 322 g/mol. The summed E-state index contributed by atoms with van der Waals surface area (Å²) in [5, 5.41) is 0. The third kappa shape index (κ3) is 6.33. The van der Waals surface area contributed by atoms with Crippen LogP contribution in [0.5, 0.6) is 0 Å². The minimum atomic E-state index is 0. The Morgan fingerprint density at radius 2 is 1.43 bits per heavy atom. The zero-order valence-corrected chi connectivity index (χ0v) is 16.1. The highest BCUT2D eigenvalue weighted by Crippen LogP contribution is 2.23. The Kier molecular flexibility index (Phi) is 9.84. The molecule has 0 fully saturated rings. The molecule has 0 spiro atoms. The van der Waals surface area contributed by atoms with Gasteiger partial charge in [0.2, 0.25) is 0 Å². The molecule has 0 N–H and O–H groups in total. The second kappa shape index (κ2) is 10.2. The second-order valence-corrected chi connectivity index (χ2v) is 7.93. The van der Waals surface area contributed by atoms with E-state index in [-0.39, 0.29) is 7.43 Å². The first-order valence-corrected chi connectivity index (χ1v) is 9.12. The van der Waals surface area contributed by atoms with Crippen molar-refractivity contribution >= 4 is 0 Å². The molecule has 0 aromatic rings. The lowest BCUT2D eigenvalue weighted by Crippen LogP contribution is -2.38. The normalized spacial score (nSPS) is 23.9. The van der Waals surface area contributed by atoms with E-state index in [0.29, 0.717) is 18.1 Å². The molecule has 2 heteroatoms. The molecule has 2 rings (SSSR count). The van der Waals surface area contributed by atoms with Crippen LogP contribution in [0.1, 0.15) is 69.2 Å². The van der Waals surface area contributed by atoms with Gasteiger partial charge >= 0.3 is 0 Å². The molecule has 2 nitrogen and oxygen atoms in total. The van der Waals surface area contributed by atoms with Crippen molar-refractivity contribution in [1.29, 1.82) is 0 Å². The van der Waals surface area contributed by atoms with Gasteiger partial charge in [-0.1, -0.05) is 53.3 Å². The van der Waals surface area contributed by atoms with Crippen LogP contribution in [0.3, 0.4) is 0 Å². The molecule has 0 amide bonds. The third-order valence-electron chi connectivity index (χ3n) is 4.78. The lowest BCUT2D eigenvalue weighted by Gasteiger charge is -2.32. The number of rotatable bonds is 4. The standard InChI is InChI=1S/2C10H19N.CH4/c2*1-8(2)10-6-5-7-11(10)9(3)4;/h5,7-10H,6H2,1-4H3;5-6,8-10H,7H2,1-4H3;1H4/t2*10-;/m00./s1. The summed E-state index contributed by atoms with van der Waals surface area (Å²) in [6, 6.07) is 2.75. The summed E-state index contributed by atoms with van der Waals surface area (Å²) in [5.74, 6) is 1.52. The molecule has 0 unspecified atom stereocenters. The quantitative estimate of drug-likeness (QED) is 0.625.